The molecule has 3 heteroatoms. The second-order valence-electron chi connectivity index (χ2n) is 5.07. The Bertz CT molecular complexity index is 392. The largest absolute Gasteiger partial charge is 0.331 e. The standard InChI is InChI=1S/C14H18N2O/c17-14(12-6-7-12)16-10-8-15(9-11-16)13-4-2-1-3-5-13/h1-5,12H,6-11H2/p+1. The van der Waals surface area contributed by atoms with Gasteiger partial charge in [0.25, 0.3) is 0 Å². The van der Waals surface area contributed by atoms with Gasteiger partial charge in [0, 0.05) is 5.92 Å². The molecule has 3 nitrogen and oxygen atoms in total. The molecule has 1 N–H and O–H groups in total. The van der Waals surface area contributed by atoms with Crippen molar-refractivity contribution in [2.75, 3.05) is 26.2 Å². The third-order valence-corrected chi connectivity index (χ3v) is 3.79. The van der Waals surface area contributed by atoms with Crippen LogP contribution in [0.3, 0.4) is 0 Å². The summed E-state index contributed by atoms with van der Waals surface area (Å²) < 4.78 is 0. The van der Waals surface area contributed by atoms with Crippen LogP contribution in [-0.4, -0.2) is 37.0 Å². The highest BCUT2D eigenvalue weighted by Crippen LogP contribution is 2.30. The van der Waals surface area contributed by atoms with Crippen molar-refractivity contribution < 1.29 is 9.69 Å². The van der Waals surface area contributed by atoms with Gasteiger partial charge in [-0.05, 0) is 25.0 Å². The summed E-state index contributed by atoms with van der Waals surface area (Å²) in [6.45, 7) is 3.92. The molecule has 1 amide bonds. The summed E-state index contributed by atoms with van der Waals surface area (Å²) in [4.78, 5) is 15.5. The minimum atomic E-state index is 0.369. The third kappa shape index (κ3) is 2.34. The van der Waals surface area contributed by atoms with Gasteiger partial charge in [0.1, 0.15) is 5.69 Å². The van der Waals surface area contributed by atoms with E-state index in [2.05, 4.69) is 35.2 Å². The van der Waals surface area contributed by atoms with Crippen LogP contribution in [0.4, 0.5) is 5.69 Å². The van der Waals surface area contributed by atoms with Crippen LogP contribution < -0.4 is 4.90 Å². The van der Waals surface area contributed by atoms with Crippen LogP contribution in [0.2, 0.25) is 0 Å². The zero-order valence-corrected chi connectivity index (χ0v) is 10.1. The summed E-state index contributed by atoms with van der Waals surface area (Å²) in [5.41, 5.74) is 1.35. The molecule has 1 aromatic carbocycles. The lowest BCUT2D eigenvalue weighted by Gasteiger charge is -2.32. The first-order chi connectivity index (χ1) is 8.34. The van der Waals surface area contributed by atoms with Crippen LogP contribution in [0.15, 0.2) is 30.3 Å². The molecule has 1 saturated carbocycles. The first-order valence-electron chi connectivity index (χ1n) is 6.53. The lowest BCUT2D eigenvalue weighted by molar-refractivity contribution is -0.837. The predicted octanol–water partition coefficient (Wildman–Crippen LogP) is 0.455. The van der Waals surface area contributed by atoms with E-state index in [1.807, 2.05) is 0 Å². The van der Waals surface area contributed by atoms with Crippen molar-refractivity contribution in [3.05, 3.63) is 30.3 Å². The van der Waals surface area contributed by atoms with Crippen molar-refractivity contribution in [3.8, 4) is 0 Å². The molecule has 0 bridgehead atoms. The van der Waals surface area contributed by atoms with E-state index in [9.17, 15) is 4.79 Å². The minimum Gasteiger partial charge on any atom is -0.331 e. The van der Waals surface area contributed by atoms with Crippen molar-refractivity contribution in [2.45, 2.75) is 12.8 Å². The lowest BCUT2D eigenvalue weighted by Crippen LogP contribution is -3.10. The maximum Gasteiger partial charge on any atom is 0.226 e. The van der Waals surface area contributed by atoms with Gasteiger partial charge < -0.3 is 4.90 Å². The highest BCUT2D eigenvalue weighted by atomic mass is 16.2. The van der Waals surface area contributed by atoms with Crippen molar-refractivity contribution >= 4 is 11.6 Å². The van der Waals surface area contributed by atoms with Crippen LogP contribution in [0.1, 0.15) is 12.8 Å². The van der Waals surface area contributed by atoms with Gasteiger partial charge in [-0.3, -0.25) is 9.69 Å². The fourth-order valence-electron chi connectivity index (χ4n) is 2.55. The molecule has 1 aliphatic heterocycles. The van der Waals surface area contributed by atoms with Gasteiger partial charge in [-0.1, -0.05) is 18.2 Å². The molecule has 90 valence electrons. The van der Waals surface area contributed by atoms with E-state index < -0.39 is 0 Å². The van der Waals surface area contributed by atoms with Gasteiger partial charge in [0.05, 0.1) is 26.2 Å². The normalized spacial score (nSPS) is 21.5. The molecular weight excluding hydrogens is 212 g/mol. The van der Waals surface area contributed by atoms with E-state index in [0.29, 0.717) is 11.8 Å². The molecule has 0 aromatic heterocycles. The number of carbonyl (C=O) groups excluding carboxylic acids is 1. The number of para-hydroxylation sites is 1. The summed E-state index contributed by atoms with van der Waals surface area (Å²) >= 11 is 0. The van der Waals surface area contributed by atoms with E-state index in [-0.39, 0.29) is 0 Å². The number of benzene rings is 1. The molecule has 2 fully saturated rings. The predicted molar refractivity (Wildman–Crippen MR) is 66.1 cm³/mol. The smallest absolute Gasteiger partial charge is 0.226 e. The number of hydrogen-bond donors (Lipinski definition) is 1. The first-order valence-corrected chi connectivity index (χ1v) is 6.53. The summed E-state index contributed by atoms with van der Waals surface area (Å²) in [6.07, 6.45) is 2.23. The molecule has 3 rings (SSSR count). The Hall–Kier alpha value is -1.35. The molecular formula is C14H19N2O+. The van der Waals surface area contributed by atoms with E-state index in [1.54, 1.807) is 0 Å². The number of carbonyl (C=O) groups is 1. The van der Waals surface area contributed by atoms with Gasteiger partial charge in [-0.15, -0.1) is 0 Å². The Morgan fingerprint density at radius 1 is 1.12 bits per heavy atom. The molecule has 1 aliphatic carbocycles. The number of nitrogens with zero attached hydrogens (tertiary/aromatic N) is 1. The number of hydrogen-bond acceptors (Lipinski definition) is 1. The lowest BCUT2D eigenvalue weighted by atomic mass is 10.2. The number of piperazine rings is 1. The number of nitrogens with one attached hydrogen (secondary N) is 1. The van der Waals surface area contributed by atoms with Crippen LogP contribution >= 0.6 is 0 Å². The van der Waals surface area contributed by atoms with Gasteiger partial charge >= 0.3 is 0 Å². The summed E-state index contributed by atoms with van der Waals surface area (Å²) in [7, 11) is 0. The average Bonchev–Trinajstić information content (AvgIpc) is 3.24. The van der Waals surface area contributed by atoms with Crippen molar-refractivity contribution in [2.24, 2.45) is 5.92 Å². The molecule has 0 atom stereocenters. The van der Waals surface area contributed by atoms with Crippen molar-refractivity contribution in [1.29, 1.82) is 0 Å². The van der Waals surface area contributed by atoms with E-state index in [4.69, 9.17) is 0 Å². The van der Waals surface area contributed by atoms with Crippen LogP contribution in [0.5, 0.6) is 0 Å². The second-order valence-corrected chi connectivity index (χ2v) is 5.07. The third-order valence-electron chi connectivity index (χ3n) is 3.79. The van der Waals surface area contributed by atoms with E-state index >= 15 is 0 Å². The molecule has 17 heavy (non-hydrogen) atoms. The number of quaternary nitrogens is 1. The zero-order valence-electron chi connectivity index (χ0n) is 10.1. The zero-order chi connectivity index (χ0) is 11.7. The summed E-state index contributed by atoms with van der Waals surface area (Å²) in [5, 5.41) is 0. The Kier molecular flexibility index (Phi) is 2.85. The van der Waals surface area contributed by atoms with Gasteiger partial charge in [0.15, 0.2) is 0 Å². The average molecular weight is 231 g/mol. The molecule has 1 saturated heterocycles. The van der Waals surface area contributed by atoms with Crippen LogP contribution in [-0.2, 0) is 4.79 Å². The van der Waals surface area contributed by atoms with Gasteiger partial charge in [-0.25, -0.2) is 0 Å². The van der Waals surface area contributed by atoms with Gasteiger partial charge in [0.2, 0.25) is 5.91 Å². The van der Waals surface area contributed by atoms with Crippen molar-refractivity contribution in [3.63, 3.8) is 0 Å². The van der Waals surface area contributed by atoms with Crippen LogP contribution in [0, 0.1) is 5.92 Å². The van der Waals surface area contributed by atoms with Crippen LogP contribution in [0.25, 0.3) is 0 Å². The Balaban J connectivity index is 1.58. The highest BCUT2D eigenvalue weighted by molar-refractivity contribution is 5.81. The molecule has 0 radical (unpaired) electrons. The fraction of sp³-hybridized carbons (Fsp3) is 0.500. The maximum absolute atomic E-state index is 11.9. The molecule has 1 aromatic rings. The minimum absolute atomic E-state index is 0.369. The number of amides is 1. The SMILES string of the molecule is O=C(C1CC1)N1CC[NH+](c2ccccc2)CC1. The second kappa shape index (κ2) is 4.49. The highest BCUT2D eigenvalue weighted by Gasteiger charge is 2.35. The molecule has 0 unspecified atom stereocenters. The monoisotopic (exact) mass is 231 g/mol. The summed E-state index contributed by atoms with van der Waals surface area (Å²) in [5.74, 6) is 0.769. The van der Waals surface area contributed by atoms with Gasteiger partial charge in [-0.2, -0.15) is 0 Å². The Labute approximate surface area is 102 Å². The maximum atomic E-state index is 11.9. The Morgan fingerprint density at radius 3 is 2.35 bits per heavy atom. The molecule has 0 spiro atoms. The topological polar surface area (TPSA) is 24.8 Å². The summed E-state index contributed by atoms with van der Waals surface area (Å²) in [6, 6.07) is 10.6. The molecule has 1 heterocycles. The first kappa shape index (κ1) is 10.8. The number of rotatable bonds is 2. The molecule has 2 aliphatic rings. The van der Waals surface area contributed by atoms with Crippen molar-refractivity contribution in [1.82, 2.24) is 4.90 Å². The van der Waals surface area contributed by atoms with E-state index in [0.717, 1.165) is 39.0 Å². The Morgan fingerprint density at radius 2 is 1.76 bits per heavy atom. The van der Waals surface area contributed by atoms with E-state index in [1.165, 1.54) is 10.6 Å². The quantitative estimate of drug-likeness (QED) is 0.785. The fourth-order valence-corrected chi connectivity index (χ4v) is 2.55.